The Bertz CT molecular complexity index is 1300. The second kappa shape index (κ2) is 11.1. The Morgan fingerprint density at radius 3 is 2.49 bits per heavy atom. The lowest BCUT2D eigenvalue weighted by Gasteiger charge is -2.25. The van der Waals surface area contributed by atoms with E-state index >= 15 is 0 Å². The number of aromatic nitrogens is 2. The van der Waals surface area contributed by atoms with Gasteiger partial charge >= 0.3 is 6.18 Å². The predicted octanol–water partition coefficient (Wildman–Crippen LogP) is 4.62. The average Bonchev–Trinajstić information content (AvgIpc) is 2.89. The van der Waals surface area contributed by atoms with E-state index in [-0.39, 0.29) is 23.7 Å². The molecule has 1 aromatic carbocycles. The topological polar surface area (TPSA) is 129 Å². The van der Waals surface area contributed by atoms with E-state index < -0.39 is 11.7 Å². The summed E-state index contributed by atoms with van der Waals surface area (Å²) in [7, 11) is 0. The van der Waals surface area contributed by atoms with E-state index in [0.717, 1.165) is 43.5 Å². The smallest absolute Gasteiger partial charge is 0.417 e. The maximum Gasteiger partial charge on any atom is 0.417 e. The minimum absolute atomic E-state index is 0.0420. The lowest BCUT2D eigenvalue weighted by Crippen LogP contribution is -2.36. The van der Waals surface area contributed by atoms with Gasteiger partial charge in [-0.05, 0) is 61.6 Å². The molecule has 1 amide bonds. The van der Waals surface area contributed by atoms with Crippen LogP contribution in [0.2, 0.25) is 0 Å². The number of nitrogens with one attached hydrogen (secondary N) is 1. The second-order valence-corrected chi connectivity index (χ2v) is 8.55. The number of hydrogen-bond donors (Lipinski definition) is 3. The number of hydrogen-bond acceptors (Lipinski definition) is 6. The number of nitrogens with zero attached hydrogens (tertiary/aromatic N) is 3. The number of amidine groups is 1. The zero-order chi connectivity index (χ0) is 26.4. The van der Waals surface area contributed by atoms with Crippen LogP contribution >= 0.6 is 0 Å². The van der Waals surface area contributed by atoms with Crippen molar-refractivity contribution < 1.29 is 22.7 Å². The summed E-state index contributed by atoms with van der Waals surface area (Å²) in [4.78, 5) is 20.4. The molecule has 37 heavy (non-hydrogen) atoms. The van der Waals surface area contributed by atoms with Crippen LogP contribution in [0.5, 0.6) is 11.6 Å². The standard InChI is InChI=1S/C26H25F3N6O2/c27-26(28,29)19-7-11-23(33-15-19)37-21-3-1-2-17(13-21)12-16-4-8-20(9-5-16)34-25(36)18-6-10-22(32-14-18)24(30)35-31/h1-3,6-7,10-15,20H,4-5,8-9,31H2,(H2,30,35)(H,34,36). The van der Waals surface area contributed by atoms with Gasteiger partial charge in [0.15, 0.2) is 5.84 Å². The molecular formula is C26H25F3N6O2. The van der Waals surface area contributed by atoms with E-state index in [1.54, 1.807) is 24.3 Å². The van der Waals surface area contributed by atoms with Crippen LogP contribution in [0.1, 0.15) is 52.9 Å². The van der Waals surface area contributed by atoms with Crippen LogP contribution in [-0.2, 0) is 6.18 Å². The van der Waals surface area contributed by atoms with E-state index in [0.29, 0.717) is 17.0 Å². The van der Waals surface area contributed by atoms with Crippen LogP contribution < -0.4 is 21.6 Å². The maximum atomic E-state index is 12.7. The van der Waals surface area contributed by atoms with Crippen LogP contribution in [-0.4, -0.2) is 27.8 Å². The van der Waals surface area contributed by atoms with Crippen molar-refractivity contribution in [1.29, 1.82) is 0 Å². The van der Waals surface area contributed by atoms with Crippen molar-refractivity contribution in [3.63, 3.8) is 0 Å². The number of rotatable bonds is 6. The number of allylic oxidation sites excluding steroid dienone is 1. The first-order valence-corrected chi connectivity index (χ1v) is 11.5. The van der Waals surface area contributed by atoms with E-state index in [9.17, 15) is 18.0 Å². The Morgan fingerprint density at radius 1 is 1.08 bits per heavy atom. The molecule has 0 unspecified atom stereocenters. The van der Waals surface area contributed by atoms with Crippen LogP contribution in [0.3, 0.4) is 0 Å². The molecule has 0 radical (unpaired) electrons. The fourth-order valence-electron chi connectivity index (χ4n) is 3.92. The zero-order valence-electron chi connectivity index (χ0n) is 19.7. The van der Waals surface area contributed by atoms with Crippen molar-refractivity contribution in [2.45, 2.75) is 37.9 Å². The number of ether oxygens (including phenoxy) is 1. The van der Waals surface area contributed by atoms with Gasteiger partial charge in [-0.15, -0.1) is 0 Å². The van der Waals surface area contributed by atoms with E-state index in [2.05, 4.69) is 26.5 Å². The first-order chi connectivity index (χ1) is 17.7. The molecule has 1 aliphatic rings. The highest BCUT2D eigenvalue weighted by Crippen LogP contribution is 2.31. The molecule has 0 saturated heterocycles. The number of nitrogens with two attached hydrogens (primary N) is 2. The summed E-state index contributed by atoms with van der Waals surface area (Å²) in [6, 6.07) is 12.6. The largest absolute Gasteiger partial charge is 0.439 e. The first kappa shape index (κ1) is 25.7. The van der Waals surface area contributed by atoms with Crippen LogP contribution in [0, 0.1) is 0 Å². The Balaban J connectivity index is 1.31. The van der Waals surface area contributed by atoms with Crippen molar-refractivity contribution in [3.8, 4) is 11.6 Å². The third-order valence-corrected chi connectivity index (χ3v) is 5.91. The molecule has 2 heterocycles. The molecule has 192 valence electrons. The third kappa shape index (κ3) is 6.84. The Hall–Kier alpha value is -4.41. The lowest BCUT2D eigenvalue weighted by molar-refractivity contribution is -0.137. The number of benzene rings is 1. The van der Waals surface area contributed by atoms with Gasteiger partial charge in [0.1, 0.15) is 11.4 Å². The number of halogens is 3. The van der Waals surface area contributed by atoms with Crippen molar-refractivity contribution >= 4 is 17.8 Å². The highest BCUT2D eigenvalue weighted by molar-refractivity contribution is 5.97. The average molecular weight is 511 g/mol. The van der Waals surface area contributed by atoms with Crippen molar-refractivity contribution in [2.24, 2.45) is 16.7 Å². The van der Waals surface area contributed by atoms with Gasteiger partial charge in [-0.3, -0.25) is 9.78 Å². The Kier molecular flexibility index (Phi) is 7.71. The number of pyridine rings is 2. The first-order valence-electron chi connectivity index (χ1n) is 11.5. The molecule has 3 aromatic rings. The summed E-state index contributed by atoms with van der Waals surface area (Å²) in [5, 5.41) is 6.42. The molecule has 1 fully saturated rings. The molecule has 5 N–H and O–H groups in total. The SMILES string of the molecule is NN=C(N)c1ccc(C(=O)NC2CCC(=Cc3cccc(Oc4ccc(C(F)(F)F)cn4)c3)CC2)cn1. The molecule has 0 aliphatic heterocycles. The second-order valence-electron chi connectivity index (χ2n) is 8.55. The van der Waals surface area contributed by atoms with Crippen molar-refractivity contribution in [1.82, 2.24) is 15.3 Å². The molecular weight excluding hydrogens is 485 g/mol. The van der Waals surface area contributed by atoms with Crippen LogP contribution in [0.15, 0.2) is 71.6 Å². The van der Waals surface area contributed by atoms with Gasteiger partial charge in [0.05, 0.1) is 11.1 Å². The quantitative estimate of drug-likeness (QED) is 0.192. The highest BCUT2D eigenvalue weighted by atomic mass is 19.4. The maximum absolute atomic E-state index is 12.7. The Labute approximate surface area is 211 Å². The number of carbonyl (C=O) groups excluding carboxylic acids is 1. The number of alkyl halides is 3. The molecule has 0 spiro atoms. The van der Waals surface area contributed by atoms with Gasteiger partial charge in [0, 0.05) is 24.5 Å². The molecule has 1 aliphatic carbocycles. The van der Waals surface area contributed by atoms with Gasteiger partial charge in [-0.25, -0.2) is 4.98 Å². The lowest BCUT2D eigenvalue weighted by atomic mass is 9.89. The van der Waals surface area contributed by atoms with E-state index in [1.807, 2.05) is 12.1 Å². The summed E-state index contributed by atoms with van der Waals surface area (Å²) in [6.45, 7) is 0. The van der Waals surface area contributed by atoms with Crippen LogP contribution in [0.25, 0.3) is 6.08 Å². The van der Waals surface area contributed by atoms with E-state index in [4.69, 9.17) is 16.3 Å². The van der Waals surface area contributed by atoms with Gasteiger partial charge in [0.2, 0.25) is 5.88 Å². The van der Waals surface area contributed by atoms with Gasteiger partial charge in [0.25, 0.3) is 5.91 Å². The molecule has 0 bridgehead atoms. The molecule has 1 saturated carbocycles. The fourth-order valence-corrected chi connectivity index (χ4v) is 3.92. The summed E-state index contributed by atoms with van der Waals surface area (Å²) < 4.78 is 43.8. The molecule has 2 aromatic heterocycles. The number of amides is 1. The normalized spacial score (nSPS) is 16.2. The summed E-state index contributed by atoms with van der Waals surface area (Å²) >= 11 is 0. The Morgan fingerprint density at radius 2 is 1.86 bits per heavy atom. The zero-order valence-corrected chi connectivity index (χ0v) is 19.7. The molecule has 8 nitrogen and oxygen atoms in total. The highest BCUT2D eigenvalue weighted by Gasteiger charge is 2.30. The minimum Gasteiger partial charge on any atom is -0.439 e. The minimum atomic E-state index is -4.45. The predicted molar refractivity (Wildman–Crippen MR) is 133 cm³/mol. The molecule has 0 atom stereocenters. The fraction of sp³-hybridized carbons (Fsp3) is 0.231. The number of hydrazone groups is 1. The van der Waals surface area contributed by atoms with Gasteiger partial charge in [-0.2, -0.15) is 18.3 Å². The summed E-state index contributed by atoms with van der Waals surface area (Å²) in [5.41, 5.74) is 7.75. The number of carbonyl (C=O) groups is 1. The van der Waals surface area contributed by atoms with E-state index in [1.165, 1.54) is 17.8 Å². The summed E-state index contributed by atoms with van der Waals surface area (Å²) in [5.74, 6) is 5.57. The van der Waals surface area contributed by atoms with Crippen molar-refractivity contribution in [3.05, 3.63) is 88.9 Å². The van der Waals surface area contributed by atoms with Gasteiger partial charge in [-0.1, -0.05) is 23.8 Å². The third-order valence-electron chi connectivity index (χ3n) is 5.91. The monoisotopic (exact) mass is 510 g/mol. The van der Waals surface area contributed by atoms with Crippen LogP contribution in [0.4, 0.5) is 13.2 Å². The summed E-state index contributed by atoms with van der Waals surface area (Å²) in [6.07, 6.45) is 3.02. The molecule has 11 heteroatoms. The molecule has 4 rings (SSSR count). The van der Waals surface area contributed by atoms with Crippen molar-refractivity contribution in [2.75, 3.05) is 0 Å². The van der Waals surface area contributed by atoms with Gasteiger partial charge < -0.3 is 21.6 Å².